The molecular weight excluding hydrogens is 387 g/mol. The number of ether oxygens (including phenoxy) is 1. The number of nitrogens with zero attached hydrogens (tertiary/aromatic N) is 2. The van der Waals surface area contributed by atoms with Crippen LogP contribution in [0.1, 0.15) is 23.2 Å². The summed E-state index contributed by atoms with van der Waals surface area (Å²) in [6, 6.07) is 2.47. The Morgan fingerprint density at radius 2 is 2.29 bits per heavy atom. The van der Waals surface area contributed by atoms with Gasteiger partial charge in [0, 0.05) is 12.7 Å². The molecule has 0 saturated heterocycles. The number of amides is 2. The molecule has 2 rings (SSSR count). The summed E-state index contributed by atoms with van der Waals surface area (Å²) in [6.45, 7) is 0.597. The summed E-state index contributed by atoms with van der Waals surface area (Å²) < 4.78 is 4.61. The molecule has 0 spiro atoms. The first kappa shape index (κ1) is 17.3. The quantitative estimate of drug-likeness (QED) is 0.340. The summed E-state index contributed by atoms with van der Waals surface area (Å²) in [5.41, 5.74) is 0.277. The van der Waals surface area contributed by atoms with Crippen LogP contribution in [0.25, 0.3) is 0 Å². The first-order valence-corrected chi connectivity index (χ1v) is 6.27. The molecule has 0 radical (unpaired) electrons. The molecule has 0 bridgehead atoms. The van der Waals surface area contributed by atoms with E-state index < -0.39 is 12.0 Å². The molecule has 1 heterocycles. The molecule has 0 aromatic carbocycles. The minimum Gasteiger partial charge on any atom is -0.465 e. The van der Waals surface area contributed by atoms with Crippen molar-refractivity contribution < 1.29 is 14.3 Å². The lowest BCUT2D eigenvalue weighted by Gasteiger charge is -2.17. The number of nitrogens with one attached hydrogen (secondary N) is 2. The van der Waals surface area contributed by atoms with Crippen LogP contribution in [0.3, 0.4) is 0 Å². The average molecular weight is 404 g/mol. The van der Waals surface area contributed by atoms with Gasteiger partial charge < -0.3 is 10.1 Å². The molecule has 1 aromatic rings. The molecule has 2 amide bonds. The Bertz CT molecular complexity index is 534. The lowest BCUT2D eigenvalue weighted by molar-refractivity contribution is 0.0600. The van der Waals surface area contributed by atoms with Crippen molar-refractivity contribution in [1.82, 2.24) is 10.3 Å². The second kappa shape index (κ2) is 7.91. The highest BCUT2D eigenvalue weighted by molar-refractivity contribution is 14.0. The molecule has 1 aliphatic carbocycles. The predicted octanol–water partition coefficient (Wildman–Crippen LogP) is 2.02. The van der Waals surface area contributed by atoms with Crippen LogP contribution in [-0.2, 0) is 4.74 Å². The average Bonchev–Trinajstić information content (AvgIpc) is 3.29. The number of urea groups is 1. The number of hydrogen-bond acceptors (Lipinski definition) is 5. The van der Waals surface area contributed by atoms with Gasteiger partial charge in [0.1, 0.15) is 5.82 Å². The number of methoxy groups -OCH3 is 1. The van der Waals surface area contributed by atoms with Crippen LogP contribution >= 0.6 is 24.0 Å². The SMILES string of the molecule is COC(=O)c1ccnc(N(C=N)C(=O)NCC2CC2)c1.I. The summed E-state index contributed by atoms with van der Waals surface area (Å²) >= 11 is 0. The van der Waals surface area contributed by atoms with E-state index in [2.05, 4.69) is 15.0 Å². The van der Waals surface area contributed by atoms with Crippen molar-refractivity contribution in [3.8, 4) is 0 Å². The van der Waals surface area contributed by atoms with Crippen LogP contribution in [0.15, 0.2) is 18.3 Å². The largest absolute Gasteiger partial charge is 0.465 e. The predicted molar refractivity (Wildman–Crippen MR) is 88.4 cm³/mol. The Kier molecular flexibility index (Phi) is 6.53. The van der Waals surface area contributed by atoms with Crippen molar-refractivity contribution in [2.24, 2.45) is 5.92 Å². The molecule has 1 saturated carbocycles. The number of anilines is 1. The van der Waals surface area contributed by atoms with E-state index in [9.17, 15) is 9.59 Å². The van der Waals surface area contributed by atoms with E-state index in [1.807, 2.05) is 0 Å². The number of halogens is 1. The number of rotatable bonds is 5. The molecule has 1 aliphatic rings. The van der Waals surface area contributed by atoms with Crippen molar-refractivity contribution in [2.45, 2.75) is 12.8 Å². The van der Waals surface area contributed by atoms with E-state index >= 15 is 0 Å². The summed E-state index contributed by atoms with van der Waals surface area (Å²) in [5, 5.41) is 10.1. The summed E-state index contributed by atoms with van der Waals surface area (Å²) in [5.74, 6) is 0.231. The molecule has 0 atom stereocenters. The maximum absolute atomic E-state index is 12.0. The summed E-state index contributed by atoms with van der Waals surface area (Å²) in [6.07, 6.45) is 4.51. The maximum atomic E-state index is 12.0. The van der Waals surface area contributed by atoms with Gasteiger partial charge in [0.2, 0.25) is 0 Å². The van der Waals surface area contributed by atoms with Gasteiger partial charge in [-0.1, -0.05) is 0 Å². The normalized spacial score (nSPS) is 12.8. The lowest BCUT2D eigenvalue weighted by Crippen LogP contribution is -2.40. The third-order valence-corrected chi connectivity index (χ3v) is 3.00. The number of esters is 1. The zero-order valence-electron chi connectivity index (χ0n) is 11.5. The van der Waals surface area contributed by atoms with Gasteiger partial charge in [-0.3, -0.25) is 5.41 Å². The Labute approximate surface area is 139 Å². The Balaban J connectivity index is 0.00000220. The third-order valence-electron chi connectivity index (χ3n) is 3.00. The van der Waals surface area contributed by atoms with E-state index in [1.165, 1.54) is 25.4 Å². The van der Waals surface area contributed by atoms with Crippen molar-refractivity contribution in [2.75, 3.05) is 18.6 Å². The lowest BCUT2D eigenvalue weighted by atomic mass is 10.2. The second-order valence-electron chi connectivity index (χ2n) is 4.52. The van der Waals surface area contributed by atoms with Gasteiger partial charge in [-0.25, -0.2) is 19.5 Å². The number of hydrogen-bond donors (Lipinski definition) is 2. The number of pyridine rings is 1. The maximum Gasteiger partial charge on any atom is 0.338 e. The van der Waals surface area contributed by atoms with Crippen LogP contribution in [0.4, 0.5) is 10.6 Å². The van der Waals surface area contributed by atoms with E-state index in [0.717, 1.165) is 24.1 Å². The fourth-order valence-electron chi connectivity index (χ4n) is 1.66. The third kappa shape index (κ3) is 4.66. The van der Waals surface area contributed by atoms with Crippen LogP contribution < -0.4 is 10.2 Å². The molecule has 0 unspecified atom stereocenters. The number of carbonyl (C=O) groups is 2. The highest BCUT2D eigenvalue weighted by Gasteiger charge is 2.23. The van der Waals surface area contributed by atoms with Gasteiger partial charge in [0.05, 0.1) is 19.0 Å². The van der Waals surface area contributed by atoms with Crippen molar-refractivity contribution in [3.05, 3.63) is 23.9 Å². The topological polar surface area (TPSA) is 95.4 Å². The van der Waals surface area contributed by atoms with Crippen molar-refractivity contribution >= 4 is 48.1 Å². The van der Waals surface area contributed by atoms with Crippen LogP contribution in [0.5, 0.6) is 0 Å². The van der Waals surface area contributed by atoms with Crippen LogP contribution in [0.2, 0.25) is 0 Å². The highest BCUT2D eigenvalue weighted by atomic mass is 127. The fraction of sp³-hybridized carbons (Fsp3) is 0.385. The minimum atomic E-state index is -0.517. The monoisotopic (exact) mass is 404 g/mol. The zero-order valence-corrected chi connectivity index (χ0v) is 13.9. The van der Waals surface area contributed by atoms with Crippen LogP contribution in [-0.4, -0.2) is 37.0 Å². The van der Waals surface area contributed by atoms with Gasteiger partial charge in [-0.15, -0.1) is 24.0 Å². The van der Waals surface area contributed by atoms with E-state index in [0.29, 0.717) is 12.5 Å². The molecule has 2 N–H and O–H groups in total. The van der Waals surface area contributed by atoms with Gasteiger partial charge in [-0.05, 0) is 30.9 Å². The van der Waals surface area contributed by atoms with Gasteiger partial charge in [-0.2, -0.15) is 0 Å². The molecule has 114 valence electrons. The number of carbonyl (C=O) groups excluding carboxylic acids is 2. The molecule has 1 fully saturated rings. The Hall–Kier alpha value is -1.71. The minimum absolute atomic E-state index is 0. The Morgan fingerprint density at radius 1 is 1.57 bits per heavy atom. The van der Waals surface area contributed by atoms with Gasteiger partial charge >= 0.3 is 12.0 Å². The molecular formula is C13H17IN4O3. The highest BCUT2D eigenvalue weighted by Crippen LogP contribution is 2.27. The van der Waals surface area contributed by atoms with Gasteiger partial charge in [0.25, 0.3) is 0 Å². The second-order valence-corrected chi connectivity index (χ2v) is 4.52. The molecule has 21 heavy (non-hydrogen) atoms. The standard InChI is InChI=1S/C13H16N4O3.HI/c1-20-12(18)10-4-5-15-11(6-10)17(8-14)13(19)16-7-9-2-3-9;/h4-6,8-9,14H,2-3,7H2,1H3,(H,16,19);1H. The first-order chi connectivity index (χ1) is 9.65. The van der Waals surface area contributed by atoms with Crippen LogP contribution in [0, 0.1) is 11.3 Å². The van der Waals surface area contributed by atoms with E-state index in [1.54, 1.807) is 0 Å². The molecule has 0 aliphatic heterocycles. The Morgan fingerprint density at radius 3 is 2.86 bits per heavy atom. The first-order valence-electron chi connectivity index (χ1n) is 6.27. The summed E-state index contributed by atoms with van der Waals surface area (Å²) in [7, 11) is 1.28. The zero-order chi connectivity index (χ0) is 14.5. The number of aromatic nitrogens is 1. The van der Waals surface area contributed by atoms with E-state index in [4.69, 9.17) is 5.41 Å². The van der Waals surface area contributed by atoms with E-state index in [-0.39, 0.29) is 35.4 Å². The summed E-state index contributed by atoms with van der Waals surface area (Å²) in [4.78, 5) is 28.5. The van der Waals surface area contributed by atoms with Crippen molar-refractivity contribution in [1.29, 1.82) is 5.41 Å². The fourth-order valence-corrected chi connectivity index (χ4v) is 1.66. The van der Waals surface area contributed by atoms with Crippen molar-refractivity contribution in [3.63, 3.8) is 0 Å². The smallest absolute Gasteiger partial charge is 0.338 e. The molecule has 8 heteroatoms. The molecule has 1 aromatic heterocycles. The van der Waals surface area contributed by atoms with Gasteiger partial charge in [0.15, 0.2) is 0 Å². The molecule has 7 nitrogen and oxygen atoms in total.